The lowest BCUT2D eigenvalue weighted by Crippen LogP contribution is -2.03. The third kappa shape index (κ3) is 4.11. The summed E-state index contributed by atoms with van der Waals surface area (Å²) in [4.78, 5) is 0.190. The van der Waals surface area contributed by atoms with Gasteiger partial charge in [0.15, 0.2) is 0 Å². The Labute approximate surface area is 135 Å². The fraction of sp³-hybridized carbons (Fsp3) is 0.188. The molecule has 0 aliphatic carbocycles. The van der Waals surface area contributed by atoms with Crippen LogP contribution in [0.1, 0.15) is 18.2 Å². The van der Waals surface area contributed by atoms with Gasteiger partial charge < -0.3 is 4.42 Å². The zero-order valence-electron chi connectivity index (χ0n) is 12.6. The minimum atomic E-state index is -3.72. The van der Waals surface area contributed by atoms with Crippen LogP contribution in [0, 0.1) is 6.92 Å². The Morgan fingerprint density at radius 3 is 2.45 bits per heavy atom. The van der Waals surface area contributed by atoms with Gasteiger partial charge in [-0.3, -0.25) is 0 Å². The number of sulfonamides is 1. The molecule has 1 aromatic carbocycles. The molecule has 0 radical (unpaired) electrons. The Hall–Kier alpha value is -1.79. The van der Waals surface area contributed by atoms with Gasteiger partial charge in [0.25, 0.3) is 10.0 Å². The van der Waals surface area contributed by atoms with E-state index in [1.54, 1.807) is 55.0 Å². The highest BCUT2D eigenvalue weighted by Crippen LogP contribution is 2.19. The highest BCUT2D eigenvalue weighted by Gasteiger charge is 2.15. The third-order valence-electron chi connectivity index (χ3n) is 2.95. The summed E-state index contributed by atoms with van der Waals surface area (Å²) in [6.45, 7) is 3.71. The van der Waals surface area contributed by atoms with Crippen LogP contribution in [0.3, 0.4) is 0 Å². The minimum Gasteiger partial charge on any atom is -0.465 e. The lowest BCUT2D eigenvalue weighted by Gasteiger charge is -2.05. The Bertz CT molecular complexity index is 786. The van der Waals surface area contributed by atoms with Gasteiger partial charge in [-0.25, -0.2) is 0 Å². The predicted molar refractivity (Wildman–Crippen MR) is 91.7 cm³/mol. The average molecular weight is 335 g/mol. The maximum absolute atomic E-state index is 12.4. The molecule has 4 nitrogen and oxygen atoms in total. The van der Waals surface area contributed by atoms with Gasteiger partial charge in [0.1, 0.15) is 10.8 Å². The first-order valence-corrected chi connectivity index (χ1v) is 9.26. The zero-order chi connectivity index (χ0) is 16.2. The molecule has 6 heteroatoms. The molecule has 0 aliphatic rings. The Kier molecular flexibility index (Phi) is 5.26. The average Bonchev–Trinajstić information content (AvgIpc) is 2.98. The standard InChI is InChI=1S/C16H17NO3S2/c1-12-6-8-15(9-7-12)22(18,19)17-16(21-3)13(2)11-14-5-4-10-20-14/h4-11H,1-3H3/b13-11+,17-16-. The molecule has 0 amide bonds. The predicted octanol–water partition coefficient (Wildman–Crippen LogP) is 4.14. The van der Waals surface area contributed by atoms with E-state index < -0.39 is 10.0 Å². The van der Waals surface area contributed by atoms with Crippen molar-refractivity contribution in [1.29, 1.82) is 0 Å². The smallest absolute Gasteiger partial charge is 0.283 e. The number of benzene rings is 1. The summed E-state index contributed by atoms with van der Waals surface area (Å²) in [5.41, 5.74) is 1.74. The topological polar surface area (TPSA) is 59.6 Å². The second-order valence-corrected chi connectivity index (χ2v) is 7.13. The molecular formula is C16H17NO3S2. The summed E-state index contributed by atoms with van der Waals surface area (Å²) < 4.78 is 33.9. The molecule has 2 rings (SSSR count). The molecule has 0 unspecified atom stereocenters. The van der Waals surface area contributed by atoms with Crippen molar-refractivity contribution in [2.75, 3.05) is 6.26 Å². The van der Waals surface area contributed by atoms with Gasteiger partial charge in [-0.2, -0.15) is 12.8 Å². The van der Waals surface area contributed by atoms with Crippen molar-refractivity contribution in [3.63, 3.8) is 0 Å². The molecular weight excluding hydrogens is 318 g/mol. The number of furan rings is 1. The van der Waals surface area contributed by atoms with Gasteiger partial charge in [-0.15, -0.1) is 11.8 Å². The number of hydrogen-bond donors (Lipinski definition) is 0. The first kappa shape index (κ1) is 16.6. The van der Waals surface area contributed by atoms with Crippen LogP contribution in [-0.2, 0) is 10.0 Å². The van der Waals surface area contributed by atoms with Crippen molar-refractivity contribution >= 4 is 32.9 Å². The summed E-state index contributed by atoms with van der Waals surface area (Å²) in [5.74, 6) is 0.659. The fourth-order valence-corrected chi connectivity index (χ4v) is 3.71. The van der Waals surface area contributed by atoms with E-state index >= 15 is 0 Å². The molecule has 1 aromatic heterocycles. The van der Waals surface area contributed by atoms with E-state index in [0.717, 1.165) is 11.1 Å². The zero-order valence-corrected chi connectivity index (χ0v) is 14.2. The van der Waals surface area contributed by atoms with Crippen LogP contribution in [0.5, 0.6) is 0 Å². The third-order valence-corrected chi connectivity index (χ3v) is 5.16. The Morgan fingerprint density at radius 2 is 1.91 bits per heavy atom. The van der Waals surface area contributed by atoms with Crippen molar-refractivity contribution in [3.05, 3.63) is 59.6 Å². The molecule has 1 heterocycles. The van der Waals surface area contributed by atoms with Crippen LogP contribution in [-0.4, -0.2) is 19.7 Å². The van der Waals surface area contributed by atoms with Crippen molar-refractivity contribution in [3.8, 4) is 0 Å². The second kappa shape index (κ2) is 6.98. The number of hydrogen-bond acceptors (Lipinski definition) is 4. The van der Waals surface area contributed by atoms with Gasteiger partial charge >= 0.3 is 0 Å². The lowest BCUT2D eigenvalue weighted by atomic mass is 10.2. The summed E-state index contributed by atoms with van der Waals surface area (Å²) in [5, 5.41) is 0.442. The monoisotopic (exact) mass is 335 g/mol. The number of aryl methyl sites for hydroxylation is 1. The largest absolute Gasteiger partial charge is 0.465 e. The van der Waals surface area contributed by atoms with Gasteiger partial charge in [-0.1, -0.05) is 17.7 Å². The highest BCUT2D eigenvalue weighted by atomic mass is 32.2. The van der Waals surface area contributed by atoms with Crippen molar-refractivity contribution in [2.24, 2.45) is 4.40 Å². The maximum atomic E-state index is 12.4. The van der Waals surface area contributed by atoms with Gasteiger partial charge in [0.05, 0.1) is 11.2 Å². The summed E-state index contributed by atoms with van der Waals surface area (Å²) in [6.07, 6.45) is 5.13. The SMILES string of the molecule is CSC(=N\S(=O)(=O)c1ccc(C)cc1)/C(C)=C/c1ccco1. The molecule has 0 aliphatic heterocycles. The maximum Gasteiger partial charge on any atom is 0.283 e. The van der Waals surface area contributed by atoms with Crippen LogP contribution < -0.4 is 0 Å². The fourth-order valence-electron chi connectivity index (χ4n) is 1.79. The number of nitrogens with zero attached hydrogens (tertiary/aromatic N) is 1. The molecule has 116 valence electrons. The van der Waals surface area contributed by atoms with Crippen molar-refractivity contribution < 1.29 is 12.8 Å². The molecule has 2 aromatic rings. The molecule has 0 N–H and O–H groups in total. The molecule has 0 saturated heterocycles. The van der Waals surface area contributed by atoms with E-state index in [2.05, 4.69) is 4.40 Å². The van der Waals surface area contributed by atoms with Crippen LogP contribution in [0.15, 0.2) is 61.9 Å². The van der Waals surface area contributed by atoms with E-state index in [1.165, 1.54) is 11.8 Å². The quantitative estimate of drug-likeness (QED) is 0.622. The molecule has 0 atom stereocenters. The lowest BCUT2D eigenvalue weighted by molar-refractivity contribution is 0.557. The number of rotatable bonds is 4. The van der Waals surface area contributed by atoms with Gasteiger partial charge in [-0.05, 0) is 56.0 Å². The Balaban J connectivity index is 2.37. The van der Waals surface area contributed by atoms with E-state index in [0.29, 0.717) is 10.8 Å². The molecule has 0 bridgehead atoms. The summed E-state index contributed by atoms with van der Waals surface area (Å²) in [6, 6.07) is 10.2. The first-order chi connectivity index (χ1) is 10.4. The van der Waals surface area contributed by atoms with Crippen molar-refractivity contribution in [1.82, 2.24) is 0 Å². The van der Waals surface area contributed by atoms with Gasteiger partial charge in [0.2, 0.25) is 0 Å². The van der Waals surface area contributed by atoms with Crippen LogP contribution in [0.2, 0.25) is 0 Å². The molecule has 22 heavy (non-hydrogen) atoms. The Morgan fingerprint density at radius 1 is 1.23 bits per heavy atom. The van der Waals surface area contributed by atoms with Crippen LogP contribution in [0.25, 0.3) is 6.08 Å². The molecule has 0 fully saturated rings. The van der Waals surface area contributed by atoms with E-state index in [-0.39, 0.29) is 4.90 Å². The summed E-state index contributed by atoms with van der Waals surface area (Å²) >= 11 is 1.29. The van der Waals surface area contributed by atoms with Crippen molar-refractivity contribution in [2.45, 2.75) is 18.7 Å². The van der Waals surface area contributed by atoms with E-state index in [1.807, 2.05) is 13.8 Å². The van der Waals surface area contributed by atoms with Crippen LogP contribution >= 0.6 is 11.8 Å². The normalized spacial score (nSPS) is 13.4. The molecule has 0 saturated carbocycles. The first-order valence-electron chi connectivity index (χ1n) is 6.60. The molecule has 0 spiro atoms. The van der Waals surface area contributed by atoms with E-state index in [4.69, 9.17) is 4.42 Å². The highest BCUT2D eigenvalue weighted by molar-refractivity contribution is 8.14. The number of thioether (sulfide) groups is 1. The van der Waals surface area contributed by atoms with Gasteiger partial charge in [0, 0.05) is 0 Å². The van der Waals surface area contributed by atoms with Crippen LogP contribution in [0.4, 0.5) is 0 Å². The summed E-state index contributed by atoms with van der Waals surface area (Å²) in [7, 11) is -3.72. The second-order valence-electron chi connectivity index (χ2n) is 4.73. The minimum absolute atomic E-state index is 0.190. The van der Waals surface area contributed by atoms with E-state index in [9.17, 15) is 8.42 Å².